The molecule has 0 unspecified atom stereocenters. The van der Waals surface area contributed by atoms with Crippen LogP contribution in [0.2, 0.25) is 0 Å². The smallest absolute Gasteiger partial charge is 0.307 e. The Morgan fingerprint density at radius 1 is 1.03 bits per heavy atom. The fourth-order valence-electron chi connectivity index (χ4n) is 3.79. The lowest BCUT2D eigenvalue weighted by molar-refractivity contribution is -0.136. The fraction of sp³-hybridized carbons (Fsp3) is 0.120. The SMILES string of the molecule is CNCc1cccc(NC(=C2C(=O)Nc3cc(F)ccc32)c2cccc(CC(=O)O)c2)c1. The van der Waals surface area contributed by atoms with E-state index in [1.165, 1.54) is 12.1 Å². The molecular formula is C25H22FN3O3. The highest BCUT2D eigenvalue weighted by Crippen LogP contribution is 2.38. The monoisotopic (exact) mass is 431 g/mol. The summed E-state index contributed by atoms with van der Waals surface area (Å²) < 4.78 is 13.7. The standard InChI is InChI=1S/C25H22FN3O3/c1-27-14-16-5-3-7-19(11-16)28-24(17-6-2-4-15(10-17)12-22(30)31)23-20-9-8-18(26)13-21(20)29-25(23)32/h2-11,13,27-28H,12,14H2,1H3,(H,29,32)(H,30,31). The van der Waals surface area contributed by atoms with E-state index in [1.54, 1.807) is 24.3 Å². The minimum atomic E-state index is -0.941. The number of carbonyl (C=O) groups excluding carboxylic acids is 1. The third-order valence-corrected chi connectivity index (χ3v) is 5.12. The first-order chi connectivity index (χ1) is 15.4. The Hall–Kier alpha value is -3.97. The highest BCUT2D eigenvalue weighted by atomic mass is 19.1. The van der Waals surface area contributed by atoms with E-state index in [1.807, 2.05) is 37.4 Å². The van der Waals surface area contributed by atoms with Gasteiger partial charge in [0.25, 0.3) is 5.91 Å². The van der Waals surface area contributed by atoms with Crippen LogP contribution in [0, 0.1) is 5.82 Å². The number of amides is 1. The summed E-state index contributed by atoms with van der Waals surface area (Å²) in [6, 6.07) is 19.0. The van der Waals surface area contributed by atoms with Gasteiger partial charge < -0.3 is 21.1 Å². The van der Waals surface area contributed by atoms with Gasteiger partial charge in [-0.1, -0.05) is 30.3 Å². The molecule has 0 saturated carbocycles. The number of carboxylic acid groups (broad SMARTS) is 1. The van der Waals surface area contributed by atoms with E-state index in [2.05, 4.69) is 16.0 Å². The van der Waals surface area contributed by atoms with Crippen molar-refractivity contribution >= 4 is 34.5 Å². The highest BCUT2D eigenvalue weighted by Gasteiger charge is 2.29. The lowest BCUT2D eigenvalue weighted by atomic mass is 9.98. The Morgan fingerprint density at radius 2 is 1.81 bits per heavy atom. The molecule has 4 rings (SSSR count). The van der Waals surface area contributed by atoms with E-state index in [-0.39, 0.29) is 12.3 Å². The van der Waals surface area contributed by atoms with Crippen LogP contribution in [0.4, 0.5) is 15.8 Å². The fourth-order valence-corrected chi connectivity index (χ4v) is 3.79. The van der Waals surface area contributed by atoms with Crippen LogP contribution in [0.25, 0.3) is 11.3 Å². The largest absolute Gasteiger partial charge is 0.481 e. The minimum Gasteiger partial charge on any atom is -0.481 e. The van der Waals surface area contributed by atoms with Crippen LogP contribution in [0.3, 0.4) is 0 Å². The van der Waals surface area contributed by atoms with Crippen molar-refractivity contribution in [2.75, 3.05) is 17.7 Å². The summed E-state index contributed by atoms with van der Waals surface area (Å²) in [6.07, 6.45) is -0.137. The van der Waals surface area contributed by atoms with Gasteiger partial charge in [-0.05, 0) is 60.1 Å². The molecule has 3 aromatic rings. The first kappa shape index (κ1) is 21.3. The molecule has 162 valence electrons. The van der Waals surface area contributed by atoms with Crippen molar-refractivity contribution in [3.63, 3.8) is 0 Å². The maximum Gasteiger partial charge on any atom is 0.307 e. The quantitative estimate of drug-likeness (QED) is 0.423. The van der Waals surface area contributed by atoms with Crippen LogP contribution in [0.15, 0.2) is 66.7 Å². The van der Waals surface area contributed by atoms with Crippen molar-refractivity contribution in [2.45, 2.75) is 13.0 Å². The predicted molar refractivity (Wildman–Crippen MR) is 122 cm³/mol. The number of halogens is 1. The number of fused-ring (bicyclic) bond motifs is 1. The zero-order valence-corrected chi connectivity index (χ0v) is 17.4. The molecule has 1 heterocycles. The number of anilines is 2. The molecule has 0 aromatic heterocycles. The molecule has 0 atom stereocenters. The number of hydrogen-bond donors (Lipinski definition) is 4. The normalized spacial score (nSPS) is 14.0. The number of rotatable bonds is 7. The molecule has 1 amide bonds. The molecule has 0 spiro atoms. The molecule has 0 aliphatic carbocycles. The minimum absolute atomic E-state index is 0.137. The van der Waals surface area contributed by atoms with E-state index in [0.717, 1.165) is 11.3 Å². The number of nitrogens with one attached hydrogen (secondary N) is 3. The second-order valence-corrected chi connectivity index (χ2v) is 7.52. The predicted octanol–water partition coefficient (Wildman–Crippen LogP) is 4.10. The van der Waals surface area contributed by atoms with Crippen LogP contribution in [-0.2, 0) is 22.6 Å². The Morgan fingerprint density at radius 3 is 2.59 bits per heavy atom. The molecule has 32 heavy (non-hydrogen) atoms. The molecule has 3 aromatic carbocycles. The summed E-state index contributed by atoms with van der Waals surface area (Å²) in [5.41, 5.74) is 4.95. The topological polar surface area (TPSA) is 90.5 Å². The summed E-state index contributed by atoms with van der Waals surface area (Å²) in [5.74, 6) is -1.74. The zero-order valence-electron chi connectivity index (χ0n) is 17.4. The van der Waals surface area contributed by atoms with Crippen LogP contribution in [0.5, 0.6) is 0 Å². The van der Waals surface area contributed by atoms with Crippen LogP contribution in [0.1, 0.15) is 22.3 Å². The van der Waals surface area contributed by atoms with E-state index < -0.39 is 11.8 Å². The Balaban J connectivity index is 1.87. The number of carboxylic acids is 1. The molecule has 1 aliphatic rings. The van der Waals surface area contributed by atoms with Gasteiger partial charge in [-0.3, -0.25) is 9.59 Å². The molecule has 0 saturated heterocycles. The van der Waals surface area contributed by atoms with E-state index in [9.17, 15) is 19.1 Å². The summed E-state index contributed by atoms with van der Waals surface area (Å²) in [7, 11) is 1.86. The van der Waals surface area contributed by atoms with Crippen molar-refractivity contribution < 1.29 is 19.1 Å². The van der Waals surface area contributed by atoms with Crippen LogP contribution in [-0.4, -0.2) is 24.0 Å². The average molecular weight is 431 g/mol. The van der Waals surface area contributed by atoms with Crippen molar-refractivity contribution in [3.8, 4) is 0 Å². The molecule has 4 N–H and O–H groups in total. The Labute approximate surface area is 184 Å². The Kier molecular flexibility index (Phi) is 6.00. The van der Waals surface area contributed by atoms with Gasteiger partial charge >= 0.3 is 5.97 Å². The van der Waals surface area contributed by atoms with Gasteiger partial charge in [-0.25, -0.2) is 4.39 Å². The van der Waals surface area contributed by atoms with Crippen molar-refractivity contribution in [1.29, 1.82) is 0 Å². The highest BCUT2D eigenvalue weighted by molar-refractivity contribution is 6.37. The van der Waals surface area contributed by atoms with Crippen molar-refractivity contribution in [2.24, 2.45) is 0 Å². The molecular weight excluding hydrogens is 409 g/mol. The molecule has 0 fully saturated rings. The third-order valence-electron chi connectivity index (χ3n) is 5.12. The van der Waals surface area contributed by atoms with Gasteiger partial charge in [-0.15, -0.1) is 0 Å². The lowest BCUT2D eigenvalue weighted by Gasteiger charge is -2.16. The molecule has 7 heteroatoms. The average Bonchev–Trinajstić information content (AvgIpc) is 3.07. The summed E-state index contributed by atoms with van der Waals surface area (Å²) in [6.45, 7) is 0.679. The van der Waals surface area contributed by atoms with Gasteiger partial charge in [0, 0.05) is 17.8 Å². The van der Waals surface area contributed by atoms with E-state index in [0.29, 0.717) is 40.2 Å². The Bertz CT molecular complexity index is 1240. The van der Waals surface area contributed by atoms with Gasteiger partial charge in [0.1, 0.15) is 5.82 Å². The first-order valence-corrected chi connectivity index (χ1v) is 10.1. The molecule has 1 aliphatic heterocycles. The first-order valence-electron chi connectivity index (χ1n) is 10.1. The number of benzene rings is 3. The third kappa shape index (κ3) is 4.53. The van der Waals surface area contributed by atoms with Crippen molar-refractivity contribution in [1.82, 2.24) is 5.32 Å². The van der Waals surface area contributed by atoms with E-state index >= 15 is 0 Å². The lowest BCUT2D eigenvalue weighted by Crippen LogP contribution is -2.11. The summed E-state index contributed by atoms with van der Waals surface area (Å²) >= 11 is 0. The van der Waals surface area contributed by atoms with Crippen LogP contribution < -0.4 is 16.0 Å². The van der Waals surface area contributed by atoms with E-state index in [4.69, 9.17) is 0 Å². The van der Waals surface area contributed by atoms with Gasteiger partial charge in [0.05, 0.1) is 23.4 Å². The second-order valence-electron chi connectivity index (χ2n) is 7.52. The zero-order chi connectivity index (χ0) is 22.7. The van der Waals surface area contributed by atoms with Gasteiger partial charge in [-0.2, -0.15) is 0 Å². The number of aliphatic carboxylic acids is 1. The van der Waals surface area contributed by atoms with Gasteiger partial charge in [0.15, 0.2) is 0 Å². The number of hydrogen-bond acceptors (Lipinski definition) is 4. The van der Waals surface area contributed by atoms with Crippen molar-refractivity contribution in [3.05, 3.63) is 94.8 Å². The van der Waals surface area contributed by atoms with Crippen LogP contribution >= 0.6 is 0 Å². The molecule has 0 bridgehead atoms. The van der Waals surface area contributed by atoms with Gasteiger partial charge in [0.2, 0.25) is 0 Å². The number of carbonyl (C=O) groups is 2. The molecule has 0 radical (unpaired) electrons. The maximum absolute atomic E-state index is 13.7. The summed E-state index contributed by atoms with van der Waals surface area (Å²) in [5, 5.41) is 18.4. The second kappa shape index (κ2) is 9.03. The maximum atomic E-state index is 13.7. The summed E-state index contributed by atoms with van der Waals surface area (Å²) in [4.78, 5) is 24.2. The molecule has 6 nitrogen and oxygen atoms in total.